The molecule has 0 amide bonds. The third-order valence-electron chi connectivity index (χ3n) is 2.57. The van der Waals surface area contributed by atoms with Gasteiger partial charge in [0.15, 0.2) is 0 Å². The molecule has 0 fully saturated rings. The van der Waals surface area contributed by atoms with Crippen molar-refractivity contribution in [1.82, 2.24) is 4.90 Å². The second-order valence-corrected chi connectivity index (χ2v) is 5.98. The molecule has 4 nitrogen and oxygen atoms in total. The predicted octanol–water partition coefficient (Wildman–Crippen LogP) is 2.44. The Labute approximate surface area is 109 Å². The Hall–Kier alpha value is -1.36. The van der Waals surface area contributed by atoms with Gasteiger partial charge in [-0.3, -0.25) is 0 Å². The molecule has 1 rings (SSSR count). The van der Waals surface area contributed by atoms with Crippen LogP contribution < -0.4 is 0 Å². The summed E-state index contributed by atoms with van der Waals surface area (Å²) in [5.41, 5.74) is 1.03. The van der Waals surface area contributed by atoms with E-state index in [4.69, 9.17) is 0 Å². The molecule has 0 spiro atoms. The molecule has 0 bridgehead atoms. The summed E-state index contributed by atoms with van der Waals surface area (Å²) in [6, 6.07) is 6.69. The van der Waals surface area contributed by atoms with E-state index in [1.165, 1.54) is 6.34 Å². The van der Waals surface area contributed by atoms with Crippen molar-refractivity contribution in [3.05, 3.63) is 29.8 Å². The van der Waals surface area contributed by atoms with Crippen molar-refractivity contribution in [2.45, 2.75) is 31.6 Å². The zero-order valence-corrected chi connectivity index (χ0v) is 11.9. The minimum Gasteiger partial charge on any atom is -0.365 e. The topological polar surface area (TPSA) is 49.7 Å². The lowest BCUT2D eigenvalue weighted by Gasteiger charge is -2.11. The van der Waals surface area contributed by atoms with Crippen molar-refractivity contribution in [3.63, 3.8) is 0 Å². The van der Waals surface area contributed by atoms with Crippen LogP contribution in [-0.2, 0) is 10.0 Å². The highest BCUT2D eigenvalue weighted by molar-refractivity contribution is 7.90. The number of hydrogen-bond acceptors (Lipinski definition) is 2. The molecular formula is C13H20N2O2S. The maximum atomic E-state index is 11.9. The van der Waals surface area contributed by atoms with Crippen LogP contribution in [-0.4, -0.2) is 33.2 Å². The van der Waals surface area contributed by atoms with Gasteiger partial charge in [0.25, 0.3) is 10.0 Å². The molecule has 0 aliphatic carbocycles. The van der Waals surface area contributed by atoms with E-state index in [1.54, 1.807) is 29.2 Å². The molecule has 5 heteroatoms. The van der Waals surface area contributed by atoms with Crippen LogP contribution in [0.25, 0.3) is 0 Å². The van der Waals surface area contributed by atoms with Gasteiger partial charge in [0.2, 0.25) is 0 Å². The molecule has 18 heavy (non-hydrogen) atoms. The van der Waals surface area contributed by atoms with Gasteiger partial charge in [0, 0.05) is 13.6 Å². The van der Waals surface area contributed by atoms with E-state index in [-0.39, 0.29) is 4.90 Å². The molecule has 0 saturated carbocycles. The fourth-order valence-electron chi connectivity index (χ4n) is 1.38. The van der Waals surface area contributed by atoms with E-state index in [0.29, 0.717) is 0 Å². The lowest BCUT2D eigenvalue weighted by Crippen LogP contribution is -2.18. The van der Waals surface area contributed by atoms with Crippen LogP contribution in [0.4, 0.5) is 0 Å². The highest BCUT2D eigenvalue weighted by atomic mass is 32.2. The number of nitrogens with zero attached hydrogens (tertiary/aromatic N) is 2. The molecule has 0 aliphatic rings. The number of aryl methyl sites for hydroxylation is 1. The Bertz CT molecular complexity index is 492. The van der Waals surface area contributed by atoms with Gasteiger partial charge >= 0.3 is 0 Å². The van der Waals surface area contributed by atoms with Gasteiger partial charge in [-0.25, -0.2) is 0 Å². The predicted molar refractivity (Wildman–Crippen MR) is 74.4 cm³/mol. The third-order valence-corrected chi connectivity index (χ3v) is 3.81. The van der Waals surface area contributed by atoms with Gasteiger partial charge in [0.1, 0.15) is 6.34 Å². The molecule has 0 aliphatic heterocycles. The van der Waals surface area contributed by atoms with E-state index < -0.39 is 10.0 Å². The van der Waals surface area contributed by atoms with Crippen LogP contribution in [0.1, 0.15) is 25.3 Å². The monoisotopic (exact) mass is 268 g/mol. The average Bonchev–Trinajstić information content (AvgIpc) is 2.34. The summed E-state index contributed by atoms with van der Waals surface area (Å²) in [4.78, 5) is 2.02. The van der Waals surface area contributed by atoms with E-state index in [0.717, 1.165) is 24.9 Å². The van der Waals surface area contributed by atoms with Gasteiger partial charge in [-0.2, -0.15) is 8.42 Å². The summed E-state index contributed by atoms with van der Waals surface area (Å²) < 4.78 is 27.5. The first-order valence-electron chi connectivity index (χ1n) is 6.03. The second-order valence-electron chi connectivity index (χ2n) is 4.34. The average molecular weight is 268 g/mol. The second kappa shape index (κ2) is 6.54. The van der Waals surface area contributed by atoms with Crippen LogP contribution in [0, 0.1) is 6.92 Å². The molecular weight excluding hydrogens is 248 g/mol. The first-order chi connectivity index (χ1) is 8.45. The number of hydrogen-bond donors (Lipinski definition) is 0. The van der Waals surface area contributed by atoms with Crippen molar-refractivity contribution in [2.75, 3.05) is 13.6 Å². The van der Waals surface area contributed by atoms with Crippen LogP contribution >= 0.6 is 0 Å². The van der Waals surface area contributed by atoms with Crippen molar-refractivity contribution in [2.24, 2.45) is 4.40 Å². The highest BCUT2D eigenvalue weighted by Crippen LogP contribution is 2.12. The fraction of sp³-hybridized carbons (Fsp3) is 0.462. The molecule has 0 saturated heterocycles. The third kappa shape index (κ3) is 4.49. The maximum absolute atomic E-state index is 11.9. The lowest BCUT2D eigenvalue weighted by atomic mass is 10.2. The zero-order valence-electron chi connectivity index (χ0n) is 11.1. The van der Waals surface area contributed by atoms with Gasteiger partial charge < -0.3 is 4.90 Å². The number of benzene rings is 1. The van der Waals surface area contributed by atoms with Crippen LogP contribution in [0.5, 0.6) is 0 Å². The molecule has 1 aromatic carbocycles. The van der Waals surface area contributed by atoms with Crippen LogP contribution in [0.2, 0.25) is 0 Å². The van der Waals surface area contributed by atoms with Crippen molar-refractivity contribution in [1.29, 1.82) is 0 Å². The summed E-state index contributed by atoms with van der Waals surface area (Å²) in [5.74, 6) is 0. The first kappa shape index (κ1) is 14.7. The SMILES string of the molecule is CCCCN(C)/C=N/S(=O)(=O)c1ccc(C)cc1. The number of sulfonamides is 1. The molecule has 1 aromatic rings. The summed E-state index contributed by atoms with van der Waals surface area (Å²) in [6.07, 6.45) is 3.47. The van der Waals surface area contributed by atoms with Crippen LogP contribution in [0.3, 0.4) is 0 Å². The molecule has 0 radical (unpaired) electrons. The normalized spacial score (nSPS) is 11.9. The quantitative estimate of drug-likeness (QED) is 0.588. The molecule has 0 heterocycles. The Morgan fingerprint density at radius 2 is 1.89 bits per heavy atom. The van der Waals surface area contributed by atoms with Gasteiger partial charge in [-0.05, 0) is 25.5 Å². The summed E-state index contributed by atoms with van der Waals surface area (Å²) >= 11 is 0. The fourth-order valence-corrected chi connectivity index (χ4v) is 2.27. The zero-order chi connectivity index (χ0) is 13.6. The highest BCUT2D eigenvalue weighted by Gasteiger charge is 2.11. The van der Waals surface area contributed by atoms with Crippen molar-refractivity contribution in [3.8, 4) is 0 Å². The van der Waals surface area contributed by atoms with Crippen molar-refractivity contribution < 1.29 is 8.42 Å². The minimum absolute atomic E-state index is 0.230. The Kier molecular flexibility index (Phi) is 5.34. The minimum atomic E-state index is -3.57. The number of rotatable bonds is 6. The van der Waals surface area contributed by atoms with E-state index in [9.17, 15) is 8.42 Å². The van der Waals surface area contributed by atoms with Crippen molar-refractivity contribution >= 4 is 16.4 Å². The molecule has 0 atom stereocenters. The van der Waals surface area contributed by atoms with E-state index in [2.05, 4.69) is 11.3 Å². The molecule has 0 aromatic heterocycles. The first-order valence-corrected chi connectivity index (χ1v) is 7.47. The summed E-state index contributed by atoms with van der Waals surface area (Å²) in [5, 5.41) is 0. The standard InChI is InChI=1S/C13H20N2O2S/c1-4-5-10-15(3)11-14-18(16,17)13-8-6-12(2)7-9-13/h6-9,11H,4-5,10H2,1-3H3/b14-11+. The van der Waals surface area contributed by atoms with E-state index >= 15 is 0 Å². The Balaban J connectivity index is 2.75. The largest absolute Gasteiger partial charge is 0.365 e. The summed E-state index contributed by atoms with van der Waals surface area (Å²) in [7, 11) is -1.75. The van der Waals surface area contributed by atoms with Gasteiger partial charge in [-0.15, -0.1) is 4.40 Å². The lowest BCUT2D eigenvalue weighted by molar-refractivity contribution is 0.497. The molecule has 100 valence electrons. The van der Waals surface area contributed by atoms with Gasteiger partial charge in [0.05, 0.1) is 4.90 Å². The Morgan fingerprint density at radius 1 is 1.28 bits per heavy atom. The Morgan fingerprint density at radius 3 is 2.44 bits per heavy atom. The van der Waals surface area contributed by atoms with Crippen LogP contribution in [0.15, 0.2) is 33.6 Å². The van der Waals surface area contributed by atoms with E-state index in [1.807, 2.05) is 14.0 Å². The smallest absolute Gasteiger partial charge is 0.283 e. The molecule has 0 unspecified atom stereocenters. The molecule has 0 N–H and O–H groups in total. The van der Waals surface area contributed by atoms with Gasteiger partial charge in [-0.1, -0.05) is 31.0 Å². The number of unbranched alkanes of at least 4 members (excludes halogenated alkanes) is 1. The summed E-state index contributed by atoms with van der Waals surface area (Å²) in [6.45, 7) is 4.82. The maximum Gasteiger partial charge on any atom is 0.283 e.